The zero-order valence-electron chi connectivity index (χ0n) is 11.9. The lowest BCUT2D eigenvalue weighted by molar-refractivity contribution is -0.159. The molecule has 0 fully saturated rings. The summed E-state index contributed by atoms with van der Waals surface area (Å²) in [5, 5.41) is 0. The van der Waals surface area contributed by atoms with Crippen LogP contribution in [0.5, 0.6) is 0 Å². The third-order valence-electron chi connectivity index (χ3n) is 2.51. The molecular weight excluding hydrogens is 232 g/mol. The first-order chi connectivity index (χ1) is 8.51. The Morgan fingerprint density at radius 3 is 2.44 bits per heavy atom. The first kappa shape index (κ1) is 16.9. The maximum atomic E-state index is 10.8. The number of hydrogen-bond acceptors (Lipinski definition) is 4. The number of rotatable bonds is 8. The molecule has 0 saturated carbocycles. The van der Waals surface area contributed by atoms with Crippen LogP contribution in [0.1, 0.15) is 27.7 Å². The lowest BCUT2D eigenvalue weighted by atomic mass is 10.1. The van der Waals surface area contributed by atoms with Crippen molar-refractivity contribution in [2.24, 2.45) is 5.92 Å². The minimum Gasteiger partial charge on any atom is -0.466 e. The van der Waals surface area contributed by atoms with Gasteiger partial charge in [0.2, 0.25) is 0 Å². The number of carbonyl (C=O) groups is 1. The van der Waals surface area contributed by atoms with Gasteiger partial charge in [0, 0.05) is 18.6 Å². The first-order valence-corrected chi connectivity index (χ1v) is 6.21. The van der Waals surface area contributed by atoms with E-state index in [1.807, 2.05) is 39.8 Å². The number of carbonyl (C=O) groups excluding carboxylic acids is 1. The lowest BCUT2D eigenvalue weighted by Crippen LogP contribution is -2.24. The van der Waals surface area contributed by atoms with Crippen molar-refractivity contribution in [3.05, 3.63) is 24.3 Å². The van der Waals surface area contributed by atoms with Crippen molar-refractivity contribution in [2.45, 2.75) is 40.1 Å². The van der Waals surface area contributed by atoms with Crippen LogP contribution in [0.3, 0.4) is 0 Å². The van der Waals surface area contributed by atoms with E-state index in [4.69, 9.17) is 9.47 Å². The molecule has 0 aromatic rings. The second kappa shape index (κ2) is 9.85. The Bertz CT molecular complexity index is 284. The molecule has 4 heteroatoms. The fraction of sp³-hybridized carbons (Fsp3) is 0.643. The van der Waals surface area contributed by atoms with Crippen LogP contribution >= 0.6 is 0 Å². The number of ether oxygens (including phenoxy) is 3. The number of allylic oxidation sites excluding steroid dienone is 2. The molecule has 0 N–H and O–H groups in total. The molecule has 3 unspecified atom stereocenters. The highest BCUT2D eigenvalue weighted by Crippen LogP contribution is 2.11. The molecule has 0 heterocycles. The van der Waals surface area contributed by atoms with Crippen LogP contribution in [-0.4, -0.2) is 32.1 Å². The average Bonchev–Trinajstić information content (AvgIpc) is 2.34. The van der Waals surface area contributed by atoms with Crippen LogP contribution in [0.2, 0.25) is 0 Å². The number of hydrogen-bond donors (Lipinski definition) is 0. The van der Waals surface area contributed by atoms with E-state index in [1.165, 1.54) is 13.2 Å². The molecule has 0 aliphatic rings. The molecule has 3 atom stereocenters. The molecule has 0 aromatic carbocycles. The molecule has 0 radical (unpaired) electrons. The van der Waals surface area contributed by atoms with Crippen LogP contribution in [0.25, 0.3) is 0 Å². The standard InChI is InChI=1S/C14H24O4/c1-6-17-13(4)18-12(3)11(2)9-7-8-10-14(15)16-5/h7-13H,6H2,1-5H3/b9-7+,10-8+. The highest BCUT2D eigenvalue weighted by atomic mass is 16.7. The fourth-order valence-corrected chi connectivity index (χ4v) is 1.30. The molecule has 0 rings (SSSR count). The molecule has 4 nitrogen and oxygen atoms in total. The Morgan fingerprint density at radius 1 is 1.22 bits per heavy atom. The predicted octanol–water partition coefficient (Wildman–Crippen LogP) is 2.70. The van der Waals surface area contributed by atoms with Gasteiger partial charge < -0.3 is 14.2 Å². The smallest absolute Gasteiger partial charge is 0.330 e. The van der Waals surface area contributed by atoms with Crippen LogP contribution in [0, 0.1) is 5.92 Å². The average molecular weight is 256 g/mol. The fourth-order valence-electron chi connectivity index (χ4n) is 1.30. The number of methoxy groups -OCH3 is 1. The summed E-state index contributed by atoms with van der Waals surface area (Å²) in [6, 6.07) is 0. The Balaban J connectivity index is 4.06. The molecule has 18 heavy (non-hydrogen) atoms. The summed E-state index contributed by atoms with van der Waals surface area (Å²) in [6.45, 7) is 8.50. The third-order valence-corrected chi connectivity index (χ3v) is 2.51. The van der Waals surface area contributed by atoms with E-state index in [0.29, 0.717) is 6.61 Å². The van der Waals surface area contributed by atoms with Gasteiger partial charge in [0.15, 0.2) is 6.29 Å². The zero-order chi connectivity index (χ0) is 14.0. The molecule has 0 amide bonds. The van der Waals surface area contributed by atoms with E-state index < -0.39 is 0 Å². The minimum absolute atomic E-state index is 0.0503. The summed E-state index contributed by atoms with van der Waals surface area (Å²) in [4.78, 5) is 10.8. The molecule has 0 bridgehead atoms. The maximum Gasteiger partial charge on any atom is 0.330 e. The van der Waals surface area contributed by atoms with Crippen molar-refractivity contribution in [1.29, 1.82) is 0 Å². The van der Waals surface area contributed by atoms with Crippen molar-refractivity contribution in [1.82, 2.24) is 0 Å². The maximum absolute atomic E-state index is 10.8. The van der Waals surface area contributed by atoms with Crippen molar-refractivity contribution >= 4 is 5.97 Å². The monoisotopic (exact) mass is 256 g/mol. The lowest BCUT2D eigenvalue weighted by Gasteiger charge is -2.22. The van der Waals surface area contributed by atoms with Gasteiger partial charge in [-0.05, 0) is 20.8 Å². The normalized spacial score (nSPS) is 16.9. The molecule has 0 spiro atoms. The summed E-state index contributed by atoms with van der Waals surface area (Å²) in [5.74, 6) is -0.128. The molecule has 0 aliphatic heterocycles. The predicted molar refractivity (Wildman–Crippen MR) is 71.1 cm³/mol. The van der Waals surface area contributed by atoms with Crippen LogP contribution in [0.15, 0.2) is 24.3 Å². The highest BCUT2D eigenvalue weighted by Gasteiger charge is 2.13. The SMILES string of the molecule is CCOC(C)OC(C)C(C)/C=C/C=C/C(=O)OC. The van der Waals surface area contributed by atoms with E-state index in [-0.39, 0.29) is 24.3 Å². The van der Waals surface area contributed by atoms with Gasteiger partial charge in [-0.1, -0.05) is 25.2 Å². The molecule has 104 valence electrons. The minimum atomic E-state index is -0.360. The molecule has 0 aliphatic carbocycles. The largest absolute Gasteiger partial charge is 0.466 e. The van der Waals surface area contributed by atoms with E-state index in [1.54, 1.807) is 6.08 Å². The summed E-state index contributed by atoms with van der Waals surface area (Å²) in [7, 11) is 1.35. The topological polar surface area (TPSA) is 44.8 Å². The Morgan fingerprint density at radius 2 is 1.89 bits per heavy atom. The summed E-state index contributed by atoms with van der Waals surface area (Å²) < 4.78 is 15.5. The van der Waals surface area contributed by atoms with E-state index in [0.717, 1.165) is 0 Å². The van der Waals surface area contributed by atoms with Gasteiger partial charge in [0.05, 0.1) is 13.2 Å². The Kier molecular flexibility index (Phi) is 9.24. The third kappa shape index (κ3) is 8.03. The quantitative estimate of drug-likeness (QED) is 0.290. The summed E-state index contributed by atoms with van der Waals surface area (Å²) in [6.07, 6.45) is 6.66. The number of esters is 1. The zero-order valence-corrected chi connectivity index (χ0v) is 11.9. The summed E-state index contributed by atoms with van der Waals surface area (Å²) in [5.41, 5.74) is 0. The second-order valence-electron chi connectivity index (χ2n) is 3.99. The van der Waals surface area contributed by atoms with E-state index in [2.05, 4.69) is 4.74 Å². The van der Waals surface area contributed by atoms with Crippen molar-refractivity contribution in [3.8, 4) is 0 Å². The van der Waals surface area contributed by atoms with Crippen LogP contribution in [0.4, 0.5) is 0 Å². The highest BCUT2D eigenvalue weighted by molar-refractivity contribution is 5.82. The van der Waals surface area contributed by atoms with E-state index >= 15 is 0 Å². The van der Waals surface area contributed by atoms with Crippen molar-refractivity contribution in [2.75, 3.05) is 13.7 Å². The van der Waals surface area contributed by atoms with Gasteiger partial charge in [-0.3, -0.25) is 0 Å². The van der Waals surface area contributed by atoms with Gasteiger partial charge >= 0.3 is 5.97 Å². The Labute approximate surface area is 110 Å². The molecule has 0 aromatic heterocycles. The van der Waals surface area contributed by atoms with Crippen molar-refractivity contribution < 1.29 is 19.0 Å². The van der Waals surface area contributed by atoms with Gasteiger partial charge in [-0.15, -0.1) is 0 Å². The molecule has 0 saturated heterocycles. The summed E-state index contributed by atoms with van der Waals surface area (Å²) >= 11 is 0. The van der Waals surface area contributed by atoms with Gasteiger partial charge in [0.25, 0.3) is 0 Å². The second-order valence-corrected chi connectivity index (χ2v) is 3.99. The molecular formula is C14H24O4. The van der Waals surface area contributed by atoms with Crippen molar-refractivity contribution in [3.63, 3.8) is 0 Å². The van der Waals surface area contributed by atoms with Gasteiger partial charge in [0.1, 0.15) is 0 Å². The van der Waals surface area contributed by atoms with Crippen LogP contribution < -0.4 is 0 Å². The van der Waals surface area contributed by atoms with Gasteiger partial charge in [-0.2, -0.15) is 0 Å². The first-order valence-electron chi connectivity index (χ1n) is 6.21. The Hall–Kier alpha value is -1.13. The van der Waals surface area contributed by atoms with Crippen LogP contribution in [-0.2, 0) is 19.0 Å². The van der Waals surface area contributed by atoms with E-state index in [9.17, 15) is 4.79 Å². The van der Waals surface area contributed by atoms with Gasteiger partial charge in [-0.25, -0.2) is 4.79 Å².